The predicted octanol–water partition coefficient (Wildman–Crippen LogP) is 5.60. The van der Waals surface area contributed by atoms with E-state index in [1.807, 2.05) is 36.1 Å². The van der Waals surface area contributed by atoms with Gasteiger partial charge in [-0.25, -0.2) is 0 Å². The first kappa shape index (κ1) is 23.5. The van der Waals surface area contributed by atoms with Crippen molar-refractivity contribution in [2.24, 2.45) is 11.7 Å². The van der Waals surface area contributed by atoms with Gasteiger partial charge in [0.15, 0.2) is 0 Å². The number of amides is 1. The summed E-state index contributed by atoms with van der Waals surface area (Å²) in [6.07, 6.45) is 2.62. The van der Waals surface area contributed by atoms with Gasteiger partial charge >= 0.3 is 0 Å². The van der Waals surface area contributed by atoms with Crippen LogP contribution in [0.2, 0.25) is 15.1 Å². The van der Waals surface area contributed by atoms with E-state index in [9.17, 15) is 4.79 Å². The molecule has 2 aliphatic heterocycles. The van der Waals surface area contributed by atoms with E-state index in [1.165, 1.54) is 0 Å². The predicted molar refractivity (Wildman–Crippen MR) is 134 cm³/mol. The molecule has 2 aliphatic rings. The van der Waals surface area contributed by atoms with Gasteiger partial charge in [0.2, 0.25) is 5.91 Å². The fourth-order valence-electron chi connectivity index (χ4n) is 4.61. The van der Waals surface area contributed by atoms with Gasteiger partial charge in [-0.3, -0.25) is 4.79 Å². The van der Waals surface area contributed by atoms with Crippen molar-refractivity contribution in [1.29, 1.82) is 0 Å². The van der Waals surface area contributed by atoms with Gasteiger partial charge in [0.25, 0.3) is 0 Å². The molecular weight excluding hydrogens is 467 g/mol. The lowest BCUT2D eigenvalue weighted by Gasteiger charge is -2.35. The highest BCUT2D eigenvalue weighted by Gasteiger charge is 2.32. The summed E-state index contributed by atoms with van der Waals surface area (Å²) in [6, 6.07) is 11.6. The fourth-order valence-corrected chi connectivity index (χ4v) is 5.36. The molecule has 8 heteroatoms. The molecule has 2 aromatic rings. The van der Waals surface area contributed by atoms with Gasteiger partial charge in [-0.1, -0.05) is 40.9 Å². The van der Waals surface area contributed by atoms with Crippen LogP contribution in [0.25, 0.3) is 0 Å². The molecule has 172 valence electrons. The minimum absolute atomic E-state index is 0.0392. The average molecular weight is 496 g/mol. The van der Waals surface area contributed by atoms with Crippen molar-refractivity contribution >= 4 is 52.1 Å². The number of piperidine rings is 1. The number of hydrogen-bond acceptors (Lipinski definition) is 4. The number of carbonyl (C=O) groups is 1. The van der Waals surface area contributed by atoms with Crippen LogP contribution in [-0.2, 0) is 4.79 Å². The number of rotatable bonds is 5. The Morgan fingerprint density at radius 2 is 1.78 bits per heavy atom. The Kier molecular flexibility index (Phi) is 7.40. The Morgan fingerprint density at radius 1 is 1.03 bits per heavy atom. The summed E-state index contributed by atoms with van der Waals surface area (Å²) in [5, 5.41) is 5.36. The molecule has 1 unspecified atom stereocenters. The maximum atomic E-state index is 12.8. The molecule has 5 nitrogen and oxygen atoms in total. The second-order valence-electron chi connectivity index (χ2n) is 8.79. The minimum atomic E-state index is -0.0392. The second-order valence-corrected chi connectivity index (χ2v) is 10.0. The molecule has 32 heavy (non-hydrogen) atoms. The van der Waals surface area contributed by atoms with Crippen LogP contribution >= 0.6 is 34.8 Å². The van der Waals surface area contributed by atoms with Crippen molar-refractivity contribution in [3.05, 3.63) is 57.0 Å². The van der Waals surface area contributed by atoms with Crippen molar-refractivity contribution in [2.75, 3.05) is 36.4 Å². The third kappa shape index (κ3) is 5.28. The first-order valence-corrected chi connectivity index (χ1v) is 12.3. The van der Waals surface area contributed by atoms with E-state index in [2.05, 4.69) is 16.3 Å². The number of benzene rings is 2. The molecule has 0 saturated carbocycles. The number of halogens is 3. The van der Waals surface area contributed by atoms with Crippen molar-refractivity contribution < 1.29 is 4.79 Å². The molecule has 0 spiro atoms. The highest BCUT2D eigenvalue weighted by atomic mass is 35.5. The zero-order chi connectivity index (χ0) is 22.8. The minimum Gasteiger partial charge on any atom is -0.377 e. The van der Waals surface area contributed by atoms with Crippen molar-refractivity contribution in [3.8, 4) is 0 Å². The number of carbonyl (C=O) groups excluding carboxylic acids is 1. The van der Waals surface area contributed by atoms with Gasteiger partial charge in [0.05, 0.1) is 16.8 Å². The highest BCUT2D eigenvalue weighted by molar-refractivity contribution is 6.35. The van der Waals surface area contributed by atoms with Gasteiger partial charge < -0.3 is 20.9 Å². The lowest BCUT2D eigenvalue weighted by atomic mass is 9.95. The molecule has 1 amide bonds. The smallest absolute Gasteiger partial charge is 0.225 e. The second kappa shape index (κ2) is 10.1. The van der Waals surface area contributed by atoms with E-state index < -0.39 is 0 Å². The molecule has 0 aromatic heterocycles. The Balaban J connectivity index is 1.40. The number of nitrogens with one attached hydrogen (secondary N) is 1. The normalized spacial score (nSPS) is 20.5. The van der Waals surface area contributed by atoms with E-state index in [0.717, 1.165) is 55.8 Å². The molecule has 0 bridgehead atoms. The number of anilines is 2. The molecule has 2 heterocycles. The highest BCUT2D eigenvalue weighted by Crippen LogP contribution is 2.34. The van der Waals surface area contributed by atoms with Gasteiger partial charge in [-0.05, 0) is 62.1 Å². The van der Waals surface area contributed by atoms with Crippen LogP contribution in [0.5, 0.6) is 0 Å². The van der Waals surface area contributed by atoms with Crippen LogP contribution in [0.1, 0.15) is 37.8 Å². The number of nitrogens with zero attached hydrogens (tertiary/aromatic N) is 2. The molecule has 3 N–H and O–H groups in total. The summed E-state index contributed by atoms with van der Waals surface area (Å²) < 4.78 is 0. The quantitative estimate of drug-likeness (QED) is 0.567. The van der Waals surface area contributed by atoms with Crippen LogP contribution < -0.4 is 16.0 Å². The molecule has 2 atom stereocenters. The molecule has 4 rings (SSSR count). The average Bonchev–Trinajstić information content (AvgIpc) is 3.21. The van der Waals surface area contributed by atoms with E-state index in [1.54, 1.807) is 6.07 Å². The number of likely N-dealkylation sites (tertiary alicyclic amines) is 1. The van der Waals surface area contributed by atoms with Crippen LogP contribution in [0.15, 0.2) is 36.4 Å². The monoisotopic (exact) mass is 494 g/mol. The van der Waals surface area contributed by atoms with Gasteiger partial charge in [0, 0.05) is 53.9 Å². The van der Waals surface area contributed by atoms with E-state index >= 15 is 0 Å². The first-order chi connectivity index (χ1) is 15.3. The molecule has 2 aromatic carbocycles. The lowest BCUT2D eigenvalue weighted by molar-refractivity contribution is -0.135. The van der Waals surface area contributed by atoms with Gasteiger partial charge in [-0.15, -0.1) is 0 Å². The van der Waals surface area contributed by atoms with Crippen LogP contribution in [0.4, 0.5) is 11.4 Å². The number of hydrogen-bond donors (Lipinski definition) is 2. The molecular formula is C24H29Cl3N4O. The van der Waals surface area contributed by atoms with Gasteiger partial charge in [-0.2, -0.15) is 0 Å². The zero-order valence-corrected chi connectivity index (χ0v) is 20.4. The summed E-state index contributed by atoms with van der Waals surface area (Å²) in [5.41, 5.74) is 8.88. The Morgan fingerprint density at radius 3 is 2.44 bits per heavy atom. The topological polar surface area (TPSA) is 61.6 Å². The fraction of sp³-hybridized carbons (Fsp3) is 0.458. The third-order valence-corrected chi connectivity index (χ3v) is 7.39. The van der Waals surface area contributed by atoms with Crippen LogP contribution in [0, 0.1) is 5.92 Å². The Labute approximate surface area is 204 Å². The SMILES string of the molecule is C[C@@H](Nc1cc(N2CCC(C(=O)N3CCC(N)C3)CC2)ccc1Cl)c1ccc(Cl)cc1Cl. The Bertz CT molecular complexity index is 978. The zero-order valence-electron chi connectivity index (χ0n) is 18.2. The van der Waals surface area contributed by atoms with E-state index in [-0.39, 0.29) is 23.9 Å². The summed E-state index contributed by atoms with van der Waals surface area (Å²) in [6.45, 7) is 5.22. The van der Waals surface area contributed by atoms with E-state index in [4.69, 9.17) is 40.5 Å². The maximum Gasteiger partial charge on any atom is 0.225 e. The lowest BCUT2D eigenvalue weighted by Crippen LogP contribution is -2.42. The Hall–Kier alpha value is -1.66. The van der Waals surface area contributed by atoms with Crippen molar-refractivity contribution in [1.82, 2.24) is 4.90 Å². The summed E-state index contributed by atoms with van der Waals surface area (Å²) >= 11 is 18.9. The van der Waals surface area contributed by atoms with Gasteiger partial charge in [0.1, 0.15) is 0 Å². The van der Waals surface area contributed by atoms with Crippen LogP contribution in [-0.4, -0.2) is 43.0 Å². The first-order valence-electron chi connectivity index (χ1n) is 11.1. The standard InChI is InChI=1S/C24H29Cl3N4O/c1-15(20-4-2-17(25)12-22(20)27)29-23-13-19(3-5-21(23)26)30-9-6-16(7-10-30)24(32)31-11-8-18(28)14-31/h2-5,12-13,15-16,18,29H,6-11,14,28H2,1H3/t15-,18?/m1/s1. The molecule has 2 saturated heterocycles. The number of nitrogens with two attached hydrogens (primary N) is 1. The van der Waals surface area contributed by atoms with Crippen LogP contribution in [0.3, 0.4) is 0 Å². The molecule has 2 fully saturated rings. The largest absolute Gasteiger partial charge is 0.377 e. The molecule has 0 aliphatic carbocycles. The summed E-state index contributed by atoms with van der Waals surface area (Å²) in [5.74, 6) is 0.359. The summed E-state index contributed by atoms with van der Waals surface area (Å²) in [7, 11) is 0. The van der Waals surface area contributed by atoms with Crippen molar-refractivity contribution in [2.45, 2.75) is 38.3 Å². The van der Waals surface area contributed by atoms with Crippen molar-refractivity contribution in [3.63, 3.8) is 0 Å². The van der Waals surface area contributed by atoms with E-state index in [0.29, 0.717) is 21.6 Å². The maximum absolute atomic E-state index is 12.8. The molecule has 0 radical (unpaired) electrons. The third-order valence-electron chi connectivity index (χ3n) is 6.50. The summed E-state index contributed by atoms with van der Waals surface area (Å²) in [4.78, 5) is 17.1.